The minimum atomic E-state index is -0.905. The molecule has 0 aliphatic carbocycles. The molecular formula is C23H23BrN2O6. The van der Waals surface area contributed by atoms with Crippen LogP contribution in [0.25, 0.3) is 0 Å². The van der Waals surface area contributed by atoms with Gasteiger partial charge in [0.15, 0.2) is 6.23 Å². The van der Waals surface area contributed by atoms with E-state index in [0.29, 0.717) is 0 Å². The number of rotatable bonds is 8. The number of hydrogen-bond donors (Lipinski definition) is 2. The highest BCUT2D eigenvalue weighted by Gasteiger charge is 2.47. The Labute approximate surface area is 192 Å². The van der Waals surface area contributed by atoms with Gasteiger partial charge in [-0.15, -0.1) is 0 Å². The van der Waals surface area contributed by atoms with Gasteiger partial charge in [0, 0.05) is 6.20 Å². The van der Waals surface area contributed by atoms with Gasteiger partial charge in [-0.2, -0.15) is 0 Å². The molecule has 2 N–H and O–H groups in total. The van der Waals surface area contributed by atoms with Crippen molar-refractivity contribution in [1.29, 1.82) is 0 Å². The Hall–Kier alpha value is -2.56. The normalized spacial score (nSPS) is 22.8. The second-order valence-electron chi connectivity index (χ2n) is 7.41. The standard InChI is InChI=1S/C23H23BrN2O6/c24-17-11-26(23(29)25-21(17)28)22-20(31-14-16-9-5-2-6-10-16)19(18(12-27)32-22)30-13-15-7-3-1-4-8-15/h1-11,18-20,22,27H,12-14H2,(H,25,28,29)/t18-,19-,20-,22-/m1/s1. The number of ether oxygens (including phenoxy) is 3. The molecule has 1 saturated heterocycles. The SMILES string of the molecule is O=c1[nH]c(=O)n([C@@H]2O[C@H](CO)[C@@H](OCc3ccccc3)[C@H]2OCc2ccccc2)cc1Br. The summed E-state index contributed by atoms with van der Waals surface area (Å²) in [5.41, 5.74) is 0.715. The molecule has 1 fully saturated rings. The molecule has 0 bridgehead atoms. The number of hydrogen-bond acceptors (Lipinski definition) is 6. The summed E-state index contributed by atoms with van der Waals surface area (Å²) in [6.45, 7) is 0.224. The van der Waals surface area contributed by atoms with Gasteiger partial charge in [-0.1, -0.05) is 60.7 Å². The summed E-state index contributed by atoms with van der Waals surface area (Å²) in [7, 11) is 0. The first kappa shape index (κ1) is 22.6. The number of benzene rings is 2. The molecule has 32 heavy (non-hydrogen) atoms. The maximum absolute atomic E-state index is 12.5. The molecule has 0 radical (unpaired) electrons. The van der Waals surface area contributed by atoms with Crippen LogP contribution >= 0.6 is 15.9 Å². The summed E-state index contributed by atoms with van der Waals surface area (Å²) in [5.74, 6) is 0. The number of aromatic nitrogens is 2. The average Bonchev–Trinajstić information content (AvgIpc) is 3.17. The molecular weight excluding hydrogens is 480 g/mol. The van der Waals surface area contributed by atoms with Crippen molar-refractivity contribution in [3.05, 3.63) is 103 Å². The molecule has 0 saturated carbocycles. The Balaban J connectivity index is 1.63. The topological polar surface area (TPSA) is 103 Å². The van der Waals surface area contributed by atoms with E-state index in [4.69, 9.17) is 14.2 Å². The fourth-order valence-electron chi connectivity index (χ4n) is 3.64. The van der Waals surface area contributed by atoms with Crippen molar-refractivity contribution in [2.45, 2.75) is 37.8 Å². The number of aromatic amines is 1. The van der Waals surface area contributed by atoms with Gasteiger partial charge >= 0.3 is 5.69 Å². The average molecular weight is 503 g/mol. The highest BCUT2D eigenvalue weighted by atomic mass is 79.9. The quantitative estimate of drug-likeness (QED) is 0.490. The van der Waals surface area contributed by atoms with Gasteiger partial charge in [0.25, 0.3) is 5.56 Å². The van der Waals surface area contributed by atoms with E-state index >= 15 is 0 Å². The summed E-state index contributed by atoms with van der Waals surface area (Å²) in [6, 6.07) is 19.2. The van der Waals surface area contributed by atoms with E-state index in [1.807, 2.05) is 60.7 Å². The molecule has 4 atom stereocenters. The maximum Gasteiger partial charge on any atom is 0.330 e. The first-order valence-corrected chi connectivity index (χ1v) is 10.9. The molecule has 2 aromatic carbocycles. The van der Waals surface area contributed by atoms with Gasteiger partial charge in [-0.3, -0.25) is 14.3 Å². The number of aliphatic hydroxyl groups excluding tert-OH is 1. The first-order chi connectivity index (χ1) is 15.6. The van der Waals surface area contributed by atoms with Gasteiger partial charge in [0.05, 0.1) is 24.3 Å². The van der Waals surface area contributed by atoms with Crippen molar-refractivity contribution in [1.82, 2.24) is 9.55 Å². The van der Waals surface area contributed by atoms with Gasteiger partial charge in [0.2, 0.25) is 0 Å². The zero-order valence-corrected chi connectivity index (χ0v) is 18.7. The van der Waals surface area contributed by atoms with Crippen molar-refractivity contribution in [3.63, 3.8) is 0 Å². The van der Waals surface area contributed by atoms with E-state index in [9.17, 15) is 14.7 Å². The zero-order chi connectivity index (χ0) is 22.5. The predicted octanol–water partition coefficient (Wildman–Crippen LogP) is 2.36. The summed E-state index contributed by atoms with van der Waals surface area (Å²) in [6.07, 6.45) is -1.63. The van der Waals surface area contributed by atoms with E-state index in [0.717, 1.165) is 11.1 Å². The third-order valence-corrected chi connectivity index (χ3v) is 5.80. The van der Waals surface area contributed by atoms with E-state index in [1.165, 1.54) is 10.8 Å². The molecule has 0 spiro atoms. The highest BCUT2D eigenvalue weighted by molar-refractivity contribution is 9.10. The van der Waals surface area contributed by atoms with Crippen molar-refractivity contribution in [2.75, 3.05) is 6.61 Å². The minimum Gasteiger partial charge on any atom is -0.394 e. The van der Waals surface area contributed by atoms with Crippen molar-refractivity contribution in [2.24, 2.45) is 0 Å². The molecule has 4 rings (SSSR count). The molecule has 168 valence electrons. The molecule has 1 aromatic heterocycles. The van der Waals surface area contributed by atoms with Crippen LogP contribution in [0, 0.1) is 0 Å². The Morgan fingerprint density at radius 3 is 2.06 bits per heavy atom. The van der Waals surface area contributed by atoms with E-state index in [-0.39, 0.29) is 24.3 Å². The minimum absolute atomic E-state index is 0.178. The maximum atomic E-state index is 12.5. The number of halogens is 1. The van der Waals surface area contributed by atoms with Crippen LogP contribution in [0.5, 0.6) is 0 Å². The van der Waals surface area contributed by atoms with Crippen LogP contribution in [0.15, 0.2) is 80.9 Å². The second-order valence-corrected chi connectivity index (χ2v) is 8.27. The van der Waals surface area contributed by atoms with Crippen LogP contribution < -0.4 is 11.2 Å². The number of nitrogens with zero attached hydrogens (tertiary/aromatic N) is 1. The summed E-state index contributed by atoms with van der Waals surface area (Å²) >= 11 is 3.15. The molecule has 9 heteroatoms. The smallest absolute Gasteiger partial charge is 0.330 e. The van der Waals surface area contributed by atoms with Crippen LogP contribution in [-0.2, 0) is 27.4 Å². The third-order valence-electron chi connectivity index (χ3n) is 5.23. The highest BCUT2D eigenvalue weighted by Crippen LogP contribution is 2.34. The molecule has 2 heterocycles. The second kappa shape index (κ2) is 10.4. The lowest BCUT2D eigenvalue weighted by atomic mass is 10.1. The van der Waals surface area contributed by atoms with Gasteiger partial charge in [0.1, 0.15) is 18.3 Å². The monoisotopic (exact) mass is 502 g/mol. The van der Waals surface area contributed by atoms with E-state index in [2.05, 4.69) is 20.9 Å². The molecule has 1 aliphatic heterocycles. The van der Waals surface area contributed by atoms with Crippen LogP contribution in [0.3, 0.4) is 0 Å². The lowest BCUT2D eigenvalue weighted by molar-refractivity contribution is -0.0915. The van der Waals surface area contributed by atoms with Crippen LogP contribution in [0.1, 0.15) is 17.4 Å². The molecule has 0 amide bonds. The third kappa shape index (κ3) is 5.08. The first-order valence-electron chi connectivity index (χ1n) is 10.1. The predicted molar refractivity (Wildman–Crippen MR) is 120 cm³/mol. The van der Waals surface area contributed by atoms with Gasteiger partial charge < -0.3 is 19.3 Å². The Kier molecular flexibility index (Phi) is 7.33. The number of nitrogens with one attached hydrogen (secondary N) is 1. The molecule has 1 aliphatic rings. The van der Waals surface area contributed by atoms with Crippen LogP contribution in [0.2, 0.25) is 0 Å². The number of aliphatic hydroxyl groups is 1. The summed E-state index contributed by atoms with van der Waals surface area (Å²) < 4.78 is 19.7. The fraction of sp³-hybridized carbons (Fsp3) is 0.304. The van der Waals surface area contributed by atoms with Crippen molar-refractivity contribution < 1.29 is 19.3 Å². The number of H-pyrrole nitrogens is 1. The lowest BCUT2D eigenvalue weighted by Gasteiger charge is -2.25. The molecule has 8 nitrogen and oxygen atoms in total. The largest absolute Gasteiger partial charge is 0.394 e. The van der Waals surface area contributed by atoms with E-state index < -0.39 is 35.8 Å². The molecule has 0 unspecified atom stereocenters. The van der Waals surface area contributed by atoms with E-state index in [1.54, 1.807) is 0 Å². The lowest BCUT2D eigenvalue weighted by Crippen LogP contribution is -2.40. The Bertz CT molecular complexity index is 1130. The Morgan fingerprint density at radius 1 is 0.938 bits per heavy atom. The van der Waals surface area contributed by atoms with Crippen molar-refractivity contribution in [3.8, 4) is 0 Å². The van der Waals surface area contributed by atoms with Crippen LogP contribution in [0.4, 0.5) is 0 Å². The van der Waals surface area contributed by atoms with Crippen LogP contribution in [-0.4, -0.2) is 39.6 Å². The molecule has 3 aromatic rings. The summed E-state index contributed by atoms with van der Waals surface area (Å²) in [5, 5.41) is 9.95. The summed E-state index contributed by atoms with van der Waals surface area (Å²) in [4.78, 5) is 26.6. The zero-order valence-electron chi connectivity index (χ0n) is 17.1. The van der Waals surface area contributed by atoms with Crippen molar-refractivity contribution >= 4 is 15.9 Å². The van der Waals surface area contributed by atoms with Gasteiger partial charge in [-0.25, -0.2) is 4.79 Å². The van der Waals surface area contributed by atoms with Gasteiger partial charge in [-0.05, 0) is 27.1 Å². The fourth-order valence-corrected chi connectivity index (χ4v) is 3.96. The Morgan fingerprint density at radius 2 is 1.50 bits per heavy atom.